The summed E-state index contributed by atoms with van der Waals surface area (Å²) in [6, 6.07) is 74.2. The zero-order chi connectivity index (χ0) is 38.9. The molecular formula is C56H35N3. The van der Waals surface area contributed by atoms with Crippen LogP contribution in [-0.4, -0.2) is 15.0 Å². The van der Waals surface area contributed by atoms with Crippen molar-refractivity contribution in [1.29, 1.82) is 0 Å². The van der Waals surface area contributed by atoms with E-state index in [1.165, 1.54) is 66.4 Å². The van der Waals surface area contributed by atoms with Gasteiger partial charge in [0.2, 0.25) is 0 Å². The van der Waals surface area contributed by atoms with Gasteiger partial charge in [-0.3, -0.25) is 4.98 Å². The monoisotopic (exact) mass is 749 g/mol. The molecule has 0 saturated carbocycles. The normalized spacial score (nSPS) is 12.9. The van der Waals surface area contributed by atoms with Gasteiger partial charge in [0.05, 0.1) is 22.5 Å². The van der Waals surface area contributed by atoms with E-state index in [1.807, 2.05) is 24.4 Å². The number of aromatic nitrogens is 3. The zero-order valence-corrected chi connectivity index (χ0v) is 32.0. The van der Waals surface area contributed by atoms with Crippen LogP contribution < -0.4 is 0 Å². The van der Waals surface area contributed by atoms with Gasteiger partial charge in [-0.25, -0.2) is 9.97 Å². The number of nitrogens with zero attached hydrogens (tertiary/aromatic N) is 3. The third-order valence-electron chi connectivity index (χ3n) is 12.4. The highest BCUT2D eigenvalue weighted by molar-refractivity contribution is 5.98. The molecule has 3 heteroatoms. The van der Waals surface area contributed by atoms with Crippen LogP contribution in [0.5, 0.6) is 0 Å². The first-order valence-electron chi connectivity index (χ1n) is 20.2. The molecule has 0 bridgehead atoms. The third kappa shape index (κ3) is 5.11. The highest BCUT2D eigenvalue weighted by Crippen LogP contribution is 2.63. The summed E-state index contributed by atoms with van der Waals surface area (Å²) in [6.45, 7) is 0. The highest BCUT2D eigenvalue weighted by atomic mass is 14.9. The number of rotatable bonds is 5. The second kappa shape index (κ2) is 13.2. The Morgan fingerprint density at radius 3 is 1.53 bits per heavy atom. The lowest BCUT2D eigenvalue weighted by Gasteiger charge is -2.30. The molecule has 12 rings (SSSR count). The van der Waals surface area contributed by atoms with Crippen LogP contribution in [0.25, 0.3) is 89.3 Å². The van der Waals surface area contributed by atoms with Gasteiger partial charge in [-0.1, -0.05) is 176 Å². The Bertz CT molecular complexity index is 3210. The molecule has 0 amide bonds. The van der Waals surface area contributed by atoms with Crippen molar-refractivity contribution in [2.24, 2.45) is 0 Å². The number of hydrogen-bond donors (Lipinski definition) is 0. The van der Waals surface area contributed by atoms with Gasteiger partial charge in [-0.2, -0.15) is 0 Å². The van der Waals surface area contributed by atoms with Crippen molar-refractivity contribution >= 4 is 10.8 Å². The van der Waals surface area contributed by atoms with E-state index in [2.05, 4.69) is 193 Å². The maximum Gasteiger partial charge on any atom is 0.160 e. The molecule has 0 saturated heterocycles. The summed E-state index contributed by atoms with van der Waals surface area (Å²) < 4.78 is 0. The zero-order valence-electron chi connectivity index (χ0n) is 32.0. The molecule has 1 spiro atoms. The van der Waals surface area contributed by atoms with Crippen molar-refractivity contribution in [3.05, 3.63) is 235 Å². The van der Waals surface area contributed by atoms with Gasteiger partial charge in [0.15, 0.2) is 5.82 Å². The number of fused-ring (bicyclic) bond motifs is 11. The Kier molecular flexibility index (Phi) is 7.45. The Morgan fingerprint density at radius 2 is 0.831 bits per heavy atom. The molecule has 59 heavy (non-hydrogen) atoms. The van der Waals surface area contributed by atoms with Crippen LogP contribution >= 0.6 is 0 Å². The molecule has 10 aromatic rings. The van der Waals surface area contributed by atoms with Crippen molar-refractivity contribution in [2.75, 3.05) is 0 Å². The molecule has 0 aliphatic heterocycles. The van der Waals surface area contributed by atoms with E-state index >= 15 is 0 Å². The van der Waals surface area contributed by atoms with Crippen molar-refractivity contribution in [3.63, 3.8) is 0 Å². The Morgan fingerprint density at radius 1 is 0.305 bits per heavy atom. The van der Waals surface area contributed by atoms with Gasteiger partial charge in [-0.15, -0.1) is 0 Å². The summed E-state index contributed by atoms with van der Waals surface area (Å²) in [5.41, 5.74) is 19.0. The third-order valence-corrected chi connectivity index (χ3v) is 12.4. The SMILES string of the molecule is c1ccc(-c2cccc(-c3cc(-c4ccc(-c5cccc6ccccc56)cc4)nc(-c4ccc5c(c4)C4(c6ccccc6-c6ccccc64)c4ccccc4-5)n3)c2)nc1. The highest BCUT2D eigenvalue weighted by Gasteiger charge is 2.51. The number of pyridine rings is 1. The van der Waals surface area contributed by atoms with Crippen LogP contribution in [0.15, 0.2) is 212 Å². The number of hydrogen-bond acceptors (Lipinski definition) is 3. The molecule has 2 aliphatic rings. The maximum atomic E-state index is 5.39. The second-order valence-electron chi connectivity index (χ2n) is 15.5. The molecule has 8 aromatic carbocycles. The molecule has 274 valence electrons. The fourth-order valence-corrected chi connectivity index (χ4v) is 9.78. The first-order valence-corrected chi connectivity index (χ1v) is 20.2. The molecule has 2 aliphatic carbocycles. The summed E-state index contributed by atoms with van der Waals surface area (Å²) in [4.78, 5) is 15.4. The van der Waals surface area contributed by atoms with Gasteiger partial charge < -0.3 is 0 Å². The summed E-state index contributed by atoms with van der Waals surface area (Å²) in [6.07, 6.45) is 1.84. The minimum Gasteiger partial charge on any atom is -0.256 e. The predicted molar refractivity (Wildman–Crippen MR) is 241 cm³/mol. The van der Waals surface area contributed by atoms with Crippen LogP contribution in [-0.2, 0) is 5.41 Å². The predicted octanol–water partition coefficient (Wildman–Crippen LogP) is 13.7. The van der Waals surface area contributed by atoms with Crippen molar-refractivity contribution in [3.8, 4) is 78.5 Å². The minimum atomic E-state index is -0.454. The van der Waals surface area contributed by atoms with E-state index in [1.54, 1.807) is 0 Å². The lowest BCUT2D eigenvalue weighted by atomic mass is 9.70. The molecule has 0 N–H and O–H groups in total. The second-order valence-corrected chi connectivity index (χ2v) is 15.5. The van der Waals surface area contributed by atoms with Crippen molar-refractivity contribution in [1.82, 2.24) is 15.0 Å². The van der Waals surface area contributed by atoms with E-state index in [9.17, 15) is 0 Å². The standard InChI is InChI=1S/C56H35N3/c1-2-17-42-36(13-1)14-12-21-43(42)37-26-28-38(29-27-37)53-35-54(40-16-11-15-39(33-40)52-25-9-10-32-57-52)59-55(58-53)41-30-31-47-46-20-5-8-24-50(46)56(51(47)34-41)48-22-6-3-18-44(48)45-19-4-7-23-49(45)56/h1-35H. The fourth-order valence-electron chi connectivity index (χ4n) is 9.78. The first kappa shape index (κ1) is 33.4. The molecule has 2 aromatic heterocycles. The Labute approximate surface area is 343 Å². The average molecular weight is 750 g/mol. The summed E-state index contributed by atoms with van der Waals surface area (Å²) >= 11 is 0. The quantitative estimate of drug-likeness (QED) is 0.176. The topological polar surface area (TPSA) is 38.7 Å². The largest absolute Gasteiger partial charge is 0.256 e. The van der Waals surface area contributed by atoms with Crippen LogP contribution in [0, 0.1) is 0 Å². The van der Waals surface area contributed by atoms with Crippen LogP contribution in [0.4, 0.5) is 0 Å². The summed E-state index contributed by atoms with van der Waals surface area (Å²) in [5, 5.41) is 2.47. The minimum absolute atomic E-state index is 0.454. The fraction of sp³-hybridized carbons (Fsp3) is 0.0179. The van der Waals surface area contributed by atoms with Gasteiger partial charge in [0, 0.05) is 28.5 Å². The van der Waals surface area contributed by atoms with Crippen molar-refractivity contribution < 1.29 is 0 Å². The van der Waals surface area contributed by atoms with Gasteiger partial charge in [-0.05, 0) is 96.7 Å². The first-order chi connectivity index (χ1) is 29.2. The summed E-state index contributed by atoms with van der Waals surface area (Å²) in [5.74, 6) is 0.687. The van der Waals surface area contributed by atoms with Gasteiger partial charge in [0.25, 0.3) is 0 Å². The van der Waals surface area contributed by atoms with Crippen LogP contribution in [0.2, 0.25) is 0 Å². The molecule has 3 nitrogen and oxygen atoms in total. The summed E-state index contributed by atoms with van der Waals surface area (Å²) in [7, 11) is 0. The lowest BCUT2D eigenvalue weighted by Crippen LogP contribution is -2.25. The van der Waals surface area contributed by atoms with Crippen LogP contribution in [0.3, 0.4) is 0 Å². The molecule has 0 atom stereocenters. The molecule has 0 radical (unpaired) electrons. The van der Waals surface area contributed by atoms with Crippen LogP contribution in [0.1, 0.15) is 22.3 Å². The number of benzene rings is 8. The Hall–Kier alpha value is -7.75. The molecule has 0 unspecified atom stereocenters. The maximum absolute atomic E-state index is 5.39. The average Bonchev–Trinajstić information content (AvgIpc) is 3.79. The molecule has 0 fully saturated rings. The molecular weight excluding hydrogens is 715 g/mol. The van der Waals surface area contributed by atoms with E-state index in [4.69, 9.17) is 9.97 Å². The molecule has 2 heterocycles. The smallest absolute Gasteiger partial charge is 0.160 e. The van der Waals surface area contributed by atoms with E-state index in [0.717, 1.165) is 39.3 Å². The van der Waals surface area contributed by atoms with E-state index in [0.29, 0.717) is 5.82 Å². The lowest BCUT2D eigenvalue weighted by molar-refractivity contribution is 0.794. The Balaban J connectivity index is 1.05. The van der Waals surface area contributed by atoms with Gasteiger partial charge >= 0.3 is 0 Å². The van der Waals surface area contributed by atoms with Gasteiger partial charge in [0.1, 0.15) is 0 Å². The van der Waals surface area contributed by atoms with E-state index < -0.39 is 5.41 Å². The van der Waals surface area contributed by atoms with Crippen molar-refractivity contribution in [2.45, 2.75) is 5.41 Å². The van der Waals surface area contributed by atoms with E-state index in [-0.39, 0.29) is 0 Å².